The number of halogens is 1. The zero-order chi connectivity index (χ0) is 16.4. The van der Waals surface area contributed by atoms with Crippen LogP contribution in [0.3, 0.4) is 0 Å². The molecule has 0 aliphatic carbocycles. The van der Waals surface area contributed by atoms with Crippen LogP contribution < -0.4 is 5.32 Å². The molecule has 0 fully saturated rings. The van der Waals surface area contributed by atoms with Gasteiger partial charge in [0.2, 0.25) is 5.91 Å². The van der Waals surface area contributed by atoms with E-state index in [9.17, 15) is 14.9 Å². The lowest BCUT2D eigenvalue weighted by Gasteiger charge is -2.09. The first-order valence-electron chi connectivity index (χ1n) is 6.54. The van der Waals surface area contributed by atoms with Crippen molar-refractivity contribution in [2.75, 3.05) is 5.32 Å². The van der Waals surface area contributed by atoms with Gasteiger partial charge in [-0.25, -0.2) is 0 Å². The highest BCUT2D eigenvalue weighted by atomic mass is 79.9. The fourth-order valence-corrected chi connectivity index (χ4v) is 2.56. The fourth-order valence-electron chi connectivity index (χ4n) is 2.11. The van der Waals surface area contributed by atoms with E-state index in [0.29, 0.717) is 11.2 Å². The van der Waals surface area contributed by atoms with Crippen LogP contribution in [0.5, 0.6) is 0 Å². The largest absolute Gasteiger partial charge is 0.323 e. The lowest BCUT2D eigenvalue weighted by atomic mass is 10.2. The minimum atomic E-state index is -0.562. The molecule has 116 valence electrons. The van der Waals surface area contributed by atoms with Gasteiger partial charge in [0, 0.05) is 16.1 Å². The summed E-state index contributed by atoms with van der Waals surface area (Å²) in [4.78, 5) is 26.4. The van der Waals surface area contributed by atoms with Crippen LogP contribution in [-0.2, 0) is 11.3 Å². The van der Waals surface area contributed by atoms with Crippen molar-refractivity contribution in [2.24, 2.45) is 0 Å². The van der Waals surface area contributed by atoms with Gasteiger partial charge in [-0.2, -0.15) is 5.10 Å². The summed E-state index contributed by atoms with van der Waals surface area (Å²) in [6, 6.07) is 7.25. The molecule has 8 nitrogen and oxygen atoms in total. The molecule has 0 spiro atoms. The number of hydrogen-bond donors (Lipinski definition) is 1. The van der Waals surface area contributed by atoms with Crippen molar-refractivity contribution in [3.05, 3.63) is 57.4 Å². The van der Waals surface area contributed by atoms with Gasteiger partial charge in [0.1, 0.15) is 18.9 Å². The second kappa shape index (κ2) is 6.13. The van der Waals surface area contributed by atoms with Crippen LogP contribution in [0.4, 0.5) is 11.4 Å². The summed E-state index contributed by atoms with van der Waals surface area (Å²) in [5.41, 5.74) is 1.06. The van der Waals surface area contributed by atoms with Crippen molar-refractivity contribution in [3.63, 3.8) is 0 Å². The molecule has 1 aromatic carbocycles. The van der Waals surface area contributed by atoms with E-state index in [-0.39, 0.29) is 18.1 Å². The maximum atomic E-state index is 12.1. The Morgan fingerprint density at radius 2 is 2.22 bits per heavy atom. The van der Waals surface area contributed by atoms with Crippen molar-refractivity contribution in [1.82, 2.24) is 14.8 Å². The molecule has 2 heterocycles. The smallest absolute Gasteiger partial charge is 0.307 e. The van der Waals surface area contributed by atoms with Gasteiger partial charge in [-0.1, -0.05) is 22.0 Å². The maximum Gasteiger partial charge on any atom is 0.307 e. The Kier molecular flexibility index (Phi) is 4.02. The molecule has 2 aromatic heterocycles. The first kappa shape index (κ1) is 15.1. The molecule has 0 saturated carbocycles. The number of carbonyl (C=O) groups is 1. The van der Waals surface area contributed by atoms with Crippen LogP contribution in [0.15, 0.2) is 47.3 Å². The Morgan fingerprint density at radius 3 is 2.96 bits per heavy atom. The summed E-state index contributed by atoms with van der Waals surface area (Å²) in [5, 5.41) is 18.0. The van der Waals surface area contributed by atoms with Crippen LogP contribution in [0, 0.1) is 10.1 Å². The van der Waals surface area contributed by atoms with Gasteiger partial charge >= 0.3 is 5.69 Å². The Morgan fingerprint density at radius 1 is 1.39 bits per heavy atom. The van der Waals surface area contributed by atoms with Gasteiger partial charge < -0.3 is 5.32 Å². The summed E-state index contributed by atoms with van der Waals surface area (Å²) in [6.45, 7) is -0.127. The van der Waals surface area contributed by atoms with Gasteiger partial charge in [-0.3, -0.25) is 24.6 Å². The van der Waals surface area contributed by atoms with Crippen molar-refractivity contribution in [2.45, 2.75) is 6.54 Å². The van der Waals surface area contributed by atoms with Crippen molar-refractivity contribution < 1.29 is 9.72 Å². The average molecular weight is 376 g/mol. The molecular weight excluding hydrogens is 366 g/mol. The molecule has 0 bridgehead atoms. The first-order valence-corrected chi connectivity index (χ1v) is 7.34. The van der Waals surface area contributed by atoms with Crippen LogP contribution in [-0.4, -0.2) is 25.6 Å². The van der Waals surface area contributed by atoms with Crippen molar-refractivity contribution in [3.8, 4) is 0 Å². The van der Waals surface area contributed by atoms with E-state index in [0.717, 1.165) is 16.1 Å². The topological polar surface area (TPSA) is 103 Å². The zero-order valence-corrected chi connectivity index (χ0v) is 13.2. The summed E-state index contributed by atoms with van der Waals surface area (Å²) in [7, 11) is 0. The molecule has 3 aromatic rings. The van der Waals surface area contributed by atoms with Gasteiger partial charge in [-0.15, -0.1) is 0 Å². The molecule has 0 unspecified atom stereocenters. The number of nitro groups is 1. The van der Waals surface area contributed by atoms with E-state index < -0.39 is 4.92 Å². The summed E-state index contributed by atoms with van der Waals surface area (Å²) in [5.74, 6) is -0.350. The van der Waals surface area contributed by atoms with Crippen LogP contribution >= 0.6 is 15.9 Å². The summed E-state index contributed by atoms with van der Waals surface area (Å²) < 4.78 is 2.09. The number of hydrogen-bond acceptors (Lipinski definition) is 5. The van der Waals surface area contributed by atoms with Crippen LogP contribution in [0.1, 0.15) is 0 Å². The van der Waals surface area contributed by atoms with Crippen molar-refractivity contribution in [1.29, 1.82) is 0 Å². The molecule has 0 aliphatic rings. The Balaban J connectivity index is 1.80. The average Bonchev–Trinajstić information content (AvgIpc) is 2.99. The molecule has 1 N–H and O–H groups in total. The van der Waals surface area contributed by atoms with Gasteiger partial charge in [0.05, 0.1) is 16.1 Å². The number of carbonyl (C=O) groups excluding carboxylic acids is 1. The predicted molar refractivity (Wildman–Crippen MR) is 87.0 cm³/mol. The standard InChI is InChI=1S/C14H10BrN5O3/c15-11-3-4-12(14-10(11)2-1-5-16-14)18-13(21)8-19-7-9(6-17-19)20(22)23/h1-7H,8H2,(H,18,21). The number of aromatic nitrogens is 3. The minimum Gasteiger partial charge on any atom is -0.323 e. The number of amides is 1. The number of nitrogens with zero attached hydrogens (tertiary/aromatic N) is 4. The van der Waals surface area contributed by atoms with E-state index in [2.05, 4.69) is 31.3 Å². The second-order valence-corrected chi connectivity index (χ2v) is 5.55. The van der Waals surface area contributed by atoms with Gasteiger partial charge in [-0.05, 0) is 18.2 Å². The van der Waals surface area contributed by atoms with E-state index in [4.69, 9.17) is 0 Å². The summed E-state index contributed by atoms with van der Waals surface area (Å²) in [6.07, 6.45) is 3.95. The number of pyridine rings is 1. The third-order valence-corrected chi connectivity index (χ3v) is 3.82. The highest BCUT2D eigenvalue weighted by molar-refractivity contribution is 9.10. The van der Waals surface area contributed by atoms with Gasteiger partial charge in [0.15, 0.2) is 0 Å². The second-order valence-electron chi connectivity index (χ2n) is 4.70. The minimum absolute atomic E-state index is 0.127. The van der Waals surface area contributed by atoms with Crippen molar-refractivity contribution >= 4 is 44.1 Å². The number of benzene rings is 1. The third kappa shape index (κ3) is 3.19. The predicted octanol–water partition coefficient (Wildman–Crippen LogP) is 2.74. The molecule has 0 atom stereocenters. The van der Waals surface area contributed by atoms with E-state index in [1.54, 1.807) is 12.3 Å². The van der Waals surface area contributed by atoms with E-state index in [1.165, 1.54) is 10.9 Å². The molecule has 3 rings (SSSR count). The third-order valence-electron chi connectivity index (χ3n) is 3.13. The molecule has 9 heteroatoms. The molecule has 0 aliphatic heterocycles. The lowest BCUT2D eigenvalue weighted by molar-refractivity contribution is -0.385. The molecule has 0 saturated heterocycles. The van der Waals surface area contributed by atoms with Crippen LogP contribution in [0.2, 0.25) is 0 Å². The molecule has 1 amide bonds. The molecule has 23 heavy (non-hydrogen) atoms. The monoisotopic (exact) mass is 375 g/mol. The highest BCUT2D eigenvalue weighted by Crippen LogP contribution is 2.28. The summed E-state index contributed by atoms with van der Waals surface area (Å²) >= 11 is 3.44. The molecular formula is C14H10BrN5O3. The van der Waals surface area contributed by atoms with E-state index in [1.807, 2.05) is 18.2 Å². The first-order chi connectivity index (χ1) is 11.0. The van der Waals surface area contributed by atoms with Crippen LogP contribution in [0.25, 0.3) is 10.9 Å². The SMILES string of the molecule is O=C(Cn1cc([N+](=O)[O-])cn1)Nc1ccc(Br)c2cccnc12. The Bertz CT molecular complexity index is 908. The Labute approximate surface area is 138 Å². The normalized spacial score (nSPS) is 10.7. The zero-order valence-electron chi connectivity index (χ0n) is 11.6. The quantitative estimate of drug-likeness (QED) is 0.557. The number of anilines is 1. The maximum absolute atomic E-state index is 12.1. The highest BCUT2D eigenvalue weighted by Gasteiger charge is 2.13. The fraction of sp³-hybridized carbons (Fsp3) is 0.0714. The molecule has 0 radical (unpaired) electrons. The number of fused-ring (bicyclic) bond motifs is 1. The lowest BCUT2D eigenvalue weighted by Crippen LogP contribution is -2.19. The number of rotatable bonds is 4. The van der Waals surface area contributed by atoms with Gasteiger partial charge in [0.25, 0.3) is 0 Å². The number of nitrogens with one attached hydrogen (secondary N) is 1. The Hall–Kier alpha value is -2.81. The van der Waals surface area contributed by atoms with E-state index >= 15 is 0 Å².